The average Bonchev–Trinajstić information content (AvgIpc) is 2.98. The molecule has 2 aliphatic rings. The average molecular weight is 293 g/mol. The van der Waals surface area contributed by atoms with Gasteiger partial charge in [0.25, 0.3) is 0 Å². The molecule has 1 aliphatic carbocycles. The summed E-state index contributed by atoms with van der Waals surface area (Å²) < 4.78 is 33.8. The molecule has 1 saturated heterocycles. The number of amides is 1. The molecule has 6 nitrogen and oxygen atoms in total. The second kappa shape index (κ2) is 5.07. The minimum Gasteiger partial charge on any atom is -0.481 e. The van der Waals surface area contributed by atoms with Gasteiger partial charge < -0.3 is 10.0 Å². The van der Waals surface area contributed by atoms with E-state index in [0.29, 0.717) is 0 Å². The minimum atomic E-state index is -4.60. The van der Waals surface area contributed by atoms with Crippen LogP contribution in [0.4, 0.5) is 3.89 Å². The van der Waals surface area contributed by atoms with E-state index < -0.39 is 27.9 Å². The molecule has 2 rings (SSSR count). The van der Waals surface area contributed by atoms with Crippen LogP contribution in [-0.2, 0) is 19.8 Å². The van der Waals surface area contributed by atoms with Crippen LogP contribution in [-0.4, -0.2) is 48.6 Å². The fourth-order valence-electron chi connectivity index (χ4n) is 2.71. The van der Waals surface area contributed by atoms with Gasteiger partial charge in [0, 0.05) is 24.9 Å². The Kier molecular flexibility index (Phi) is 3.80. The summed E-state index contributed by atoms with van der Waals surface area (Å²) in [5.74, 6) is -2.31. The lowest BCUT2D eigenvalue weighted by atomic mass is 10.1. The fraction of sp³-hybridized carbons (Fsp3) is 0.818. The van der Waals surface area contributed by atoms with E-state index in [4.69, 9.17) is 5.11 Å². The molecule has 1 saturated carbocycles. The van der Waals surface area contributed by atoms with E-state index in [1.807, 2.05) is 0 Å². The van der Waals surface area contributed by atoms with Gasteiger partial charge in [0.15, 0.2) is 0 Å². The van der Waals surface area contributed by atoms with E-state index in [0.717, 1.165) is 12.8 Å². The number of nitrogens with zero attached hydrogens (tertiary/aromatic N) is 1. The molecule has 0 spiro atoms. The Labute approximate surface area is 110 Å². The van der Waals surface area contributed by atoms with Gasteiger partial charge in [-0.1, -0.05) is 0 Å². The molecular formula is C11H16FNO5S. The number of halogens is 1. The van der Waals surface area contributed by atoms with E-state index in [-0.39, 0.29) is 37.3 Å². The van der Waals surface area contributed by atoms with E-state index in [1.54, 1.807) is 0 Å². The number of rotatable bonds is 6. The van der Waals surface area contributed by atoms with Crippen LogP contribution in [0.2, 0.25) is 0 Å². The molecule has 2 fully saturated rings. The molecule has 1 amide bonds. The van der Waals surface area contributed by atoms with Gasteiger partial charge in [0.2, 0.25) is 5.91 Å². The summed E-state index contributed by atoms with van der Waals surface area (Å²) in [6.45, 7) is 0.135. The topological polar surface area (TPSA) is 91.8 Å². The van der Waals surface area contributed by atoms with Crippen molar-refractivity contribution in [3.63, 3.8) is 0 Å². The first-order valence-corrected chi connectivity index (χ1v) is 7.75. The third kappa shape index (κ3) is 3.89. The van der Waals surface area contributed by atoms with E-state index in [1.165, 1.54) is 4.90 Å². The summed E-state index contributed by atoms with van der Waals surface area (Å²) in [5.41, 5.74) is 0. The van der Waals surface area contributed by atoms with E-state index in [2.05, 4.69) is 0 Å². The largest absolute Gasteiger partial charge is 0.481 e. The number of carboxylic acid groups (broad SMARTS) is 1. The second-order valence-corrected chi connectivity index (χ2v) is 6.74. The molecular weight excluding hydrogens is 277 g/mol. The summed E-state index contributed by atoms with van der Waals surface area (Å²) in [7, 11) is -4.60. The van der Waals surface area contributed by atoms with Crippen LogP contribution in [0.5, 0.6) is 0 Å². The van der Waals surface area contributed by atoms with Crippen molar-refractivity contribution in [2.45, 2.75) is 31.7 Å². The Balaban J connectivity index is 2.03. The summed E-state index contributed by atoms with van der Waals surface area (Å²) in [6.07, 6.45) is 1.61. The number of likely N-dealkylation sites (tertiary alicyclic amines) is 1. The SMILES string of the molecule is O=C(O)CC(C1CC1)N1CC(CS(=O)(=O)F)CC1=O. The first kappa shape index (κ1) is 14.2. The number of hydrogen-bond donors (Lipinski definition) is 1. The summed E-state index contributed by atoms with van der Waals surface area (Å²) in [4.78, 5) is 24.1. The number of carboxylic acids is 1. The number of carbonyl (C=O) groups is 2. The normalized spacial score (nSPS) is 25.6. The Morgan fingerprint density at radius 3 is 2.58 bits per heavy atom. The van der Waals surface area contributed by atoms with E-state index in [9.17, 15) is 21.9 Å². The number of hydrogen-bond acceptors (Lipinski definition) is 4. The zero-order valence-corrected chi connectivity index (χ0v) is 11.1. The van der Waals surface area contributed by atoms with Crippen LogP contribution in [0.25, 0.3) is 0 Å². The quantitative estimate of drug-likeness (QED) is 0.715. The first-order valence-electron chi connectivity index (χ1n) is 6.20. The smallest absolute Gasteiger partial charge is 0.305 e. The minimum absolute atomic E-state index is 0.0218. The third-order valence-corrected chi connectivity index (χ3v) is 4.49. The maximum Gasteiger partial charge on any atom is 0.305 e. The summed E-state index contributed by atoms with van der Waals surface area (Å²) in [5, 5.41) is 8.87. The highest BCUT2D eigenvalue weighted by molar-refractivity contribution is 7.86. The van der Waals surface area contributed by atoms with Crippen molar-refractivity contribution < 1.29 is 27.0 Å². The molecule has 8 heteroatoms. The van der Waals surface area contributed by atoms with Crippen LogP contribution in [0.15, 0.2) is 0 Å². The molecule has 2 unspecified atom stereocenters. The van der Waals surface area contributed by atoms with Crippen molar-refractivity contribution in [2.75, 3.05) is 12.3 Å². The number of aliphatic carboxylic acids is 1. The zero-order chi connectivity index (χ0) is 14.2. The third-order valence-electron chi connectivity index (χ3n) is 3.62. The lowest BCUT2D eigenvalue weighted by Gasteiger charge is -2.27. The molecule has 1 aliphatic heterocycles. The van der Waals surface area contributed by atoms with Crippen LogP contribution < -0.4 is 0 Å². The second-order valence-electron chi connectivity index (χ2n) is 5.32. The van der Waals surface area contributed by atoms with Gasteiger partial charge in [-0.3, -0.25) is 9.59 Å². The molecule has 108 valence electrons. The van der Waals surface area contributed by atoms with Gasteiger partial charge in [-0.2, -0.15) is 8.42 Å². The molecule has 0 radical (unpaired) electrons. The highest BCUT2D eigenvalue weighted by Crippen LogP contribution is 2.39. The van der Waals surface area contributed by atoms with Gasteiger partial charge in [-0.05, 0) is 18.8 Å². The maximum absolute atomic E-state index is 12.6. The summed E-state index contributed by atoms with van der Waals surface area (Å²) >= 11 is 0. The van der Waals surface area contributed by atoms with Crippen molar-refractivity contribution in [2.24, 2.45) is 11.8 Å². The highest BCUT2D eigenvalue weighted by atomic mass is 32.3. The Morgan fingerprint density at radius 2 is 2.11 bits per heavy atom. The lowest BCUT2D eigenvalue weighted by molar-refractivity contribution is -0.140. The lowest BCUT2D eigenvalue weighted by Crippen LogP contribution is -2.40. The van der Waals surface area contributed by atoms with Gasteiger partial charge in [0.1, 0.15) is 0 Å². The fourth-order valence-corrected chi connectivity index (χ4v) is 3.50. The van der Waals surface area contributed by atoms with E-state index >= 15 is 0 Å². The van der Waals surface area contributed by atoms with Crippen molar-refractivity contribution in [3.8, 4) is 0 Å². The van der Waals surface area contributed by atoms with Crippen molar-refractivity contribution in [3.05, 3.63) is 0 Å². The molecule has 2 atom stereocenters. The Bertz CT molecular complexity index is 487. The monoisotopic (exact) mass is 293 g/mol. The first-order chi connectivity index (χ1) is 8.76. The van der Waals surface area contributed by atoms with Crippen LogP contribution >= 0.6 is 0 Å². The zero-order valence-electron chi connectivity index (χ0n) is 10.3. The van der Waals surface area contributed by atoms with Crippen LogP contribution in [0, 0.1) is 11.8 Å². The highest BCUT2D eigenvalue weighted by Gasteiger charge is 2.43. The Hall–Kier alpha value is -1.18. The Morgan fingerprint density at radius 1 is 1.47 bits per heavy atom. The molecule has 0 aromatic rings. The van der Waals surface area contributed by atoms with Gasteiger partial charge >= 0.3 is 16.2 Å². The van der Waals surface area contributed by atoms with Crippen molar-refractivity contribution in [1.82, 2.24) is 4.90 Å². The standard InChI is InChI=1S/C11H16FNO5S/c12-19(17,18)6-7-3-10(14)13(5-7)9(4-11(15)16)8-1-2-8/h7-9H,1-6H2,(H,15,16). The van der Waals surface area contributed by atoms with Gasteiger partial charge in [0.05, 0.1) is 12.2 Å². The summed E-state index contributed by atoms with van der Waals surface area (Å²) in [6, 6.07) is -0.377. The molecule has 19 heavy (non-hydrogen) atoms. The van der Waals surface area contributed by atoms with Crippen molar-refractivity contribution in [1.29, 1.82) is 0 Å². The molecule has 1 N–H and O–H groups in total. The molecule has 1 heterocycles. The van der Waals surface area contributed by atoms with Gasteiger partial charge in [-0.15, -0.1) is 3.89 Å². The van der Waals surface area contributed by atoms with Gasteiger partial charge in [-0.25, -0.2) is 0 Å². The van der Waals surface area contributed by atoms with Crippen molar-refractivity contribution >= 4 is 22.1 Å². The molecule has 0 bridgehead atoms. The predicted molar refractivity (Wildman–Crippen MR) is 63.5 cm³/mol. The van der Waals surface area contributed by atoms with Crippen LogP contribution in [0.1, 0.15) is 25.7 Å². The molecule has 0 aromatic carbocycles. The molecule has 0 aromatic heterocycles. The predicted octanol–water partition coefficient (Wildman–Crippen LogP) is 0.388. The maximum atomic E-state index is 12.6. The van der Waals surface area contributed by atoms with Crippen LogP contribution in [0.3, 0.4) is 0 Å². The number of carbonyl (C=O) groups excluding carboxylic acids is 1.